The molecule has 0 amide bonds. The third-order valence-corrected chi connectivity index (χ3v) is 3.55. The van der Waals surface area contributed by atoms with Gasteiger partial charge in [0, 0.05) is 27.5 Å². The maximum atomic E-state index is 12.2. The minimum absolute atomic E-state index is 0.0203. The molecule has 4 heteroatoms. The molecule has 1 aliphatic carbocycles. The van der Waals surface area contributed by atoms with Crippen LogP contribution in [0.15, 0.2) is 33.7 Å². The van der Waals surface area contributed by atoms with Gasteiger partial charge in [-0.25, -0.2) is 0 Å². The molecule has 17 heavy (non-hydrogen) atoms. The van der Waals surface area contributed by atoms with E-state index in [9.17, 15) is 9.59 Å². The van der Waals surface area contributed by atoms with Crippen molar-refractivity contribution in [1.29, 1.82) is 0 Å². The Balaban J connectivity index is 2.24. The van der Waals surface area contributed by atoms with Crippen LogP contribution >= 0.6 is 15.9 Å². The predicted octanol–water partition coefficient (Wildman–Crippen LogP) is 2.88. The quantitative estimate of drug-likeness (QED) is 0.865. The third-order valence-electron chi connectivity index (χ3n) is 3.06. The molecule has 0 radical (unpaired) electrons. The van der Waals surface area contributed by atoms with Gasteiger partial charge in [-0.1, -0.05) is 15.9 Å². The lowest BCUT2D eigenvalue weighted by molar-refractivity contribution is 0.0966. The second-order valence-electron chi connectivity index (χ2n) is 4.36. The molecule has 3 rings (SSSR count). The van der Waals surface area contributed by atoms with Crippen molar-refractivity contribution in [2.75, 3.05) is 0 Å². The van der Waals surface area contributed by atoms with Gasteiger partial charge in [0.25, 0.3) is 0 Å². The van der Waals surface area contributed by atoms with E-state index in [1.54, 1.807) is 12.3 Å². The third kappa shape index (κ3) is 1.82. The molecule has 0 atom stereocenters. The van der Waals surface area contributed by atoms with Crippen molar-refractivity contribution in [3.63, 3.8) is 0 Å². The lowest BCUT2D eigenvalue weighted by Crippen LogP contribution is -2.17. The molecule has 1 heterocycles. The highest BCUT2D eigenvalue weighted by Crippen LogP contribution is 2.32. The minimum Gasteiger partial charge on any atom is -0.360 e. The number of pyridine rings is 1. The monoisotopic (exact) mass is 291 g/mol. The molecule has 3 nitrogen and oxygen atoms in total. The average Bonchev–Trinajstić information content (AvgIpc) is 3.13. The zero-order valence-corrected chi connectivity index (χ0v) is 10.6. The number of rotatable bonds is 2. The molecular formula is C13H10BrNO2. The number of aromatic nitrogens is 1. The first kappa shape index (κ1) is 10.7. The number of H-pyrrole nitrogens is 1. The van der Waals surface area contributed by atoms with Gasteiger partial charge >= 0.3 is 0 Å². The molecule has 0 spiro atoms. The number of carbonyl (C=O) groups is 1. The van der Waals surface area contributed by atoms with E-state index in [0.29, 0.717) is 5.39 Å². The number of ketones is 1. The van der Waals surface area contributed by atoms with Crippen LogP contribution in [0.3, 0.4) is 0 Å². The van der Waals surface area contributed by atoms with E-state index in [0.717, 1.165) is 22.8 Å². The maximum Gasteiger partial charge on any atom is 0.200 e. The molecule has 1 aromatic carbocycles. The number of nitrogens with one attached hydrogen (secondary N) is 1. The summed E-state index contributed by atoms with van der Waals surface area (Å²) in [7, 11) is 0. The Bertz CT molecular complexity index is 671. The zero-order valence-electron chi connectivity index (χ0n) is 9.00. The summed E-state index contributed by atoms with van der Waals surface area (Å²) in [6.45, 7) is 0. The number of hydrogen-bond acceptors (Lipinski definition) is 2. The summed E-state index contributed by atoms with van der Waals surface area (Å²) in [5.41, 5.74) is 0.876. The first-order valence-corrected chi connectivity index (χ1v) is 6.31. The zero-order chi connectivity index (χ0) is 12.0. The summed E-state index contributed by atoms with van der Waals surface area (Å²) in [4.78, 5) is 27.1. The summed E-state index contributed by atoms with van der Waals surface area (Å²) in [6.07, 6.45) is 3.36. The molecular weight excluding hydrogens is 282 g/mol. The summed E-state index contributed by atoms with van der Waals surface area (Å²) >= 11 is 3.33. The first-order valence-electron chi connectivity index (χ1n) is 5.52. The van der Waals surface area contributed by atoms with Crippen LogP contribution in [0.1, 0.15) is 23.2 Å². The van der Waals surface area contributed by atoms with Gasteiger partial charge in [-0.15, -0.1) is 0 Å². The van der Waals surface area contributed by atoms with E-state index in [2.05, 4.69) is 20.9 Å². The topological polar surface area (TPSA) is 49.9 Å². The van der Waals surface area contributed by atoms with Gasteiger partial charge in [0.15, 0.2) is 11.2 Å². The molecule has 1 aromatic heterocycles. The molecule has 0 aliphatic heterocycles. The Morgan fingerprint density at radius 2 is 2.12 bits per heavy atom. The number of carbonyl (C=O) groups excluding carboxylic acids is 1. The van der Waals surface area contributed by atoms with Gasteiger partial charge in [-0.05, 0) is 31.0 Å². The summed E-state index contributed by atoms with van der Waals surface area (Å²) in [5.74, 6) is 0.0498. The van der Waals surface area contributed by atoms with Crippen LogP contribution in [0.2, 0.25) is 0 Å². The van der Waals surface area contributed by atoms with E-state index in [1.807, 2.05) is 12.1 Å². The fourth-order valence-corrected chi connectivity index (χ4v) is 2.30. The van der Waals surface area contributed by atoms with Crippen LogP contribution in [-0.2, 0) is 0 Å². The largest absolute Gasteiger partial charge is 0.360 e. The summed E-state index contributed by atoms with van der Waals surface area (Å²) in [6, 6.07) is 5.44. The number of hydrogen-bond donors (Lipinski definition) is 1. The highest BCUT2D eigenvalue weighted by atomic mass is 79.9. The van der Waals surface area contributed by atoms with Crippen LogP contribution in [0.25, 0.3) is 10.9 Å². The van der Waals surface area contributed by atoms with Crippen molar-refractivity contribution in [2.24, 2.45) is 5.92 Å². The smallest absolute Gasteiger partial charge is 0.200 e. The van der Waals surface area contributed by atoms with Gasteiger partial charge in [-0.3, -0.25) is 9.59 Å². The average molecular weight is 292 g/mol. The lowest BCUT2D eigenvalue weighted by Gasteiger charge is -2.02. The fourth-order valence-electron chi connectivity index (χ4n) is 1.94. The fraction of sp³-hybridized carbons (Fsp3) is 0.231. The number of halogens is 1. The van der Waals surface area contributed by atoms with Crippen LogP contribution in [0.5, 0.6) is 0 Å². The second kappa shape index (κ2) is 3.81. The molecule has 1 aliphatic rings. The Morgan fingerprint density at radius 1 is 1.35 bits per heavy atom. The Kier molecular flexibility index (Phi) is 2.40. The van der Waals surface area contributed by atoms with Crippen LogP contribution in [0.4, 0.5) is 0 Å². The normalized spacial score (nSPS) is 15.1. The molecule has 1 fully saturated rings. The molecule has 0 bridgehead atoms. The second-order valence-corrected chi connectivity index (χ2v) is 5.28. The van der Waals surface area contributed by atoms with Gasteiger partial charge in [-0.2, -0.15) is 0 Å². The lowest BCUT2D eigenvalue weighted by atomic mass is 10.1. The van der Waals surface area contributed by atoms with Gasteiger partial charge in [0.05, 0.1) is 5.56 Å². The van der Waals surface area contributed by atoms with Gasteiger partial charge in [0.1, 0.15) is 0 Å². The van der Waals surface area contributed by atoms with E-state index in [1.165, 1.54) is 0 Å². The molecule has 1 N–H and O–H groups in total. The van der Waals surface area contributed by atoms with Gasteiger partial charge in [0.2, 0.25) is 0 Å². The molecule has 86 valence electrons. The molecule has 1 saturated carbocycles. The Labute approximate surface area is 106 Å². The molecule has 0 saturated heterocycles. The van der Waals surface area contributed by atoms with E-state index in [-0.39, 0.29) is 22.7 Å². The Hall–Kier alpha value is -1.42. The number of fused-ring (bicyclic) bond motifs is 1. The maximum absolute atomic E-state index is 12.2. The predicted molar refractivity (Wildman–Crippen MR) is 69.3 cm³/mol. The Morgan fingerprint density at radius 3 is 2.82 bits per heavy atom. The van der Waals surface area contributed by atoms with E-state index >= 15 is 0 Å². The SMILES string of the molecule is O=C(c1c[nH]c2ccc(Br)cc2c1=O)C1CC1. The number of benzene rings is 1. The van der Waals surface area contributed by atoms with Gasteiger partial charge < -0.3 is 4.98 Å². The van der Waals surface area contributed by atoms with Crippen molar-refractivity contribution in [3.05, 3.63) is 44.7 Å². The van der Waals surface area contributed by atoms with E-state index in [4.69, 9.17) is 0 Å². The van der Waals surface area contributed by atoms with Crippen molar-refractivity contribution in [3.8, 4) is 0 Å². The number of aromatic amines is 1. The summed E-state index contributed by atoms with van der Waals surface area (Å²) < 4.78 is 0.839. The molecule has 0 unspecified atom stereocenters. The van der Waals surface area contributed by atoms with Crippen molar-refractivity contribution in [1.82, 2.24) is 4.98 Å². The summed E-state index contributed by atoms with van der Waals surface area (Å²) in [5, 5.41) is 0.561. The number of Topliss-reactive ketones (excluding diaryl/α,β-unsaturated/α-hetero) is 1. The van der Waals surface area contributed by atoms with Crippen LogP contribution in [-0.4, -0.2) is 10.8 Å². The van der Waals surface area contributed by atoms with Crippen molar-refractivity contribution >= 4 is 32.6 Å². The van der Waals surface area contributed by atoms with Crippen molar-refractivity contribution in [2.45, 2.75) is 12.8 Å². The highest BCUT2D eigenvalue weighted by molar-refractivity contribution is 9.10. The van der Waals surface area contributed by atoms with Crippen LogP contribution < -0.4 is 5.43 Å². The van der Waals surface area contributed by atoms with Crippen molar-refractivity contribution < 1.29 is 4.79 Å². The standard InChI is InChI=1S/C13H10BrNO2/c14-8-3-4-11-9(5-8)13(17)10(6-15-11)12(16)7-1-2-7/h3-7H,1-2H2,(H,15,17). The molecule has 2 aromatic rings. The van der Waals surface area contributed by atoms with Crippen LogP contribution in [0, 0.1) is 5.92 Å². The highest BCUT2D eigenvalue weighted by Gasteiger charge is 2.32. The van der Waals surface area contributed by atoms with E-state index < -0.39 is 0 Å². The first-order chi connectivity index (χ1) is 8.16. The minimum atomic E-state index is -0.169.